The molecular weight excluding hydrogens is 340 g/mol. The summed E-state index contributed by atoms with van der Waals surface area (Å²) < 4.78 is 12.1. The molecule has 2 unspecified atom stereocenters. The van der Waals surface area contributed by atoms with Crippen LogP contribution in [0.5, 0.6) is 0 Å². The molecule has 0 saturated carbocycles. The fourth-order valence-electron chi connectivity index (χ4n) is 2.30. The molecule has 6 heteroatoms. The first kappa shape index (κ1) is 18.7. The molecule has 0 amide bonds. The van der Waals surface area contributed by atoms with Crippen molar-refractivity contribution in [3.63, 3.8) is 0 Å². The summed E-state index contributed by atoms with van der Waals surface area (Å²) >= 11 is 1.34. The molecule has 0 fully saturated rings. The predicted molar refractivity (Wildman–Crippen MR) is 98.3 cm³/mol. The number of nitriles is 1. The molecule has 2 atom stereocenters. The Balaban J connectivity index is 1.91. The first-order valence-electron chi connectivity index (χ1n) is 7.57. The summed E-state index contributed by atoms with van der Waals surface area (Å²) in [6, 6.07) is 13.6. The van der Waals surface area contributed by atoms with Crippen LogP contribution in [0.2, 0.25) is 0 Å². The van der Waals surface area contributed by atoms with Crippen LogP contribution >= 0.6 is 11.8 Å². The van der Waals surface area contributed by atoms with Crippen LogP contribution in [0.25, 0.3) is 0 Å². The number of aromatic nitrogens is 1. The van der Waals surface area contributed by atoms with Crippen LogP contribution < -0.4 is 0 Å². The molecule has 0 aliphatic carbocycles. The second-order valence-corrected chi connectivity index (χ2v) is 8.08. The van der Waals surface area contributed by atoms with E-state index in [9.17, 15) is 14.6 Å². The zero-order valence-electron chi connectivity index (χ0n) is 13.7. The number of hydrogen-bond acceptors (Lipinski definition) is 5. The van der Waals surface area contributed by atoms with Gasteiger partial charge in [0.1, 0.15) is 11.1 Å². The third kappa shape index (κ3) is 5.45. The van der Waals surface area contributed by atoms with Crippen molar-refractivity contribution < 1.29 is 9.32 Å². The van der Waals surface area contributed by atoms with E-state index in [2.05, 4.69) is 11.1 Å². The van der Waals surface area contributed by atoms with E-state index in [1.54, 1.807) is 0 Å². The Morgan fingerprint density at radius 2 is 2.04 bits per heavy atom. The Labute approximate surface area is 149 Å². The van der Waals surface area contributed by atoms with E-state index in [1.165, 1.54) is 11.8 Å². The minimum absolute atomic E-state index is 0.217. The third-order valence-corrected chi connectivity index (χ3v) is 5.92. The number of aliphatic hydroxyl groups is 1. The van der Waals surface area contributed by atoms with E-state index in [0.29, 0.717) is 22.1 Å². The number of benzene rings is 1. The Kier molecular flexibility index (Phi) is 6.98. The second kappa shape index (κ2) is 8.97. The number of pyridine rings is 1. The highest BCUT2D eigenvalue weighted by atomic mass is 32.2. The molecule has 2 rings (SSSR count). The molecule has 0 aliphatic heterocycles. The van der Waals surface area contributed by atoms with Gasteiger partial charge in [0.2, 0.25) is 0 Å². The van der Waals surface area contributed by atoms with E-state index in [-0.39, 0.29) is 5.75 Å². The van der Waals surface area contributed by atoms with Crippen molar-refractivity contribution in [2.24, 2.45) is 0 Å². The van der Waals surface area contributed by atoms with Crippen LogP contribution in [0, 0.1) is 25.2 Å². The molecule has 126 valence electrons. The second-order valence-electron chi connectivity index (χ2n) is 5.57. The molecule has 1 N–H and O–H groups in total. The lowest BCUT2D eigenvalue weighted by molar-refractivity contribution is 0.224. The van der Waals surface area contributed by atoms with Crippen LogP contribution in [0.4, 0.5) is 0 Å². The molecule has 1 heterocycles. The summed E-state index contributed by atoms with van der Waals surface area (Å²) in [6.45, 7) is 3.76. The number of nitrogens with zero attached hydrogens (tertiary/aromatic N) is 2. The van der Waals surface area contributed by atoms with Gasteiger partial charge in [-0.15, -0.1) is 11.8 Å². The summed E-state index contributed by atoms with van der Waals surface area (Å²) in [6.07, 6.45) is -0.700. The summed E-state index contributed by atoms with van der Waals surface area (Å²) in [5.41, 5.74) is 3.27. The van der Waals surface area contributed by atoms with Crippen LogP contribution in [-0.2, 0) is 16.6 Å². The monoisotopic (exact) mass is 360 g/mol. The molecule has 0 aliphatic rings. The number of aryl methyl sites for hydroxylation is 2. The van der Waals surface area contributed by atoms with Gasteiger partial charge < -0.3 is 5.11 Å². The van der Waals surface area contributed by atoms with Gasteiger partial charge in [0.05, 0.1) is 17.4 Å². The highest BCUT2D eigenvalue weighted by Crippen LogP contribution is 2.24. The van der Waals surface area contributed by atoms with Crippen LogP contribution in [0.1, 0.15) is 22.4 Å². The van der Waals surface area contributed by atoms with Crippen LogP contribution in [-0.4, -0.2) is 31.9 Å². The Bertz CT molecular complexity index is 758. The van der Waals surface area contributed by atoms with Gasteiger partial charge in [-0.05, 0) is 31.0 Å². The van der Waals surface area contributed by atoms with E-state index in [0.717, 1.165) is 16.8 Å². The zero-order chi connectivity index (χ0) is 17.5. The van der Waals surface area contributed by atoms with Crippen molar-refractivity contribution >= 4 is 22.6 Å². The SMILES string of the molecule is Cc1cc(C)c(C#N)c(SCC(O)CS(=O)Cc2ccccc2)n1. The van der Waals surface area contributed by atoms with Crippen molar-refractivity contribution in [1.82, 2.24) is 4.98 Å². The highest BCUT2D eigenvalue weighted by Gasteiger charge is 2.14. The fraction of sp³-hybridized carbons (Fsp3) is 0.333. The topological polar surface area (TPSA) is 74.0 Å². The zero-order valence-corrected chi connectivity index (χ0v) is 15.4. The molecule has 1 aromatic carbocycles. The molecule has 1 aromatic heterocycles. The van der Waals surface area contributed by atoms with Gasteiger partial charge in [0.15, 0.2) is 0 Å². The summed E-state index contributed by atoms with van der Waals surface area (Å²) in [7, 11) is -1.12. The predicted octanol–water partition coefficient (Wildman–Crippen LogP) is 2.97. The minimum Gasteiger partial charge on any atom is -0.391 e. The Morgan fingerprint density at radius 3 is 2.71 bits per heavy atom. The minimum atomic E-state index is -1.12. The average Bonchev–Trinajstić information content (AvgIpc) is 2.53. The molecule has 0 spiro atoms. The summed E-state index contributed by atoms with van der Waals surface area (Å²) in [5.74, 6) is 1.02. The number of thioether (sulfide) groups is 1. The van der Waals surface area contributed by atoms with Crippen molar-refractivity contribution in [2.45, 2.75) is 30.7 Å². The van der Waals surface area contributed by atoms with Gasteiger partial charge in [-0.25, -0.2) is 4.98 Å². The number of aliphatic hydroxyl groups excluding tert-OH is 1. The molecule has 2 aromatic rings. The molecule has 24 heavy (non-hydrogen) atoms. The lowest BCUT2D eigenvalue weighted by Gasteiger charge is -2.12. The maximum absolute atomic E-state index is 12.1. The van der Waals surface area contributed by atoms with E-state index in [1.807, 2.05) is 50.2 Å². The van der Waals surface area contributed by atoms with Crippen molar-refractivity contribution in [1.29, 1.82) is 5.26 Å². The molecule has 0 radical (unpaired) electrons. The molecule has 4 nitrogen and oxygen atoms in total. The maximum atomic E-state index is 12.1. The van der Waals surface area contributed by atoms with E-state index < -0.39 is 16.9 Å². The summed E-state index contributed by atoms with van der Waals surface area (Å²) in [5, 5.41) is 20.0. The van der Waals surface area contributed by atoms with Crippen LogP contribution in [0.3, 0.4) is 0 Å². The largest absolute Gasteiger partial charge is 0.391 e. The van der Waals surface area contributed by atoms with E-state index in [4.69, 9.17) is 0 Å². The quantitative estimate of drug-likeness (QED) is 0.769. The van der Waals surface area contributed by atoms with Crippen LogP contribution in [0.15, 0.2) is 41.4 Å². The lowest BCUT2D eigenvalue weighted by Crippen LogP contribution is -2.20. The molecule has 0 bridgehead atoms. The smallest absolute Gasteiger partial charge is 0.114 e. The van der Waals surface area contributed by atoms with Gasteiger partial charge in [0, 0.05) is 28.0 Å². The third-order valence-electron chi connectivity index (χ3n) is 3.38. The highest BCUT2D eigenvalue weighted by molar-refractivity contribution is 7.99. The fourth-order valence-corrected chi connectivity index (χ4v) is 4.71. The van der Waals surface area contributed by atoms with Gasteiger partial charge in [-0.2, -0.15) is 5.26 Å². The number of hydrogen-bond donors (Lipinski definition) is 1. The van der Waals surface area contributed by atoms with Crippen molar-refractivity contribution in [2.75, 3.05) is 11.5 Å². The summed E-state index contributed by atoms with van der Waals surface area (Å²) in [4.78, 5) is 4.38. The first-order chi connectivity index (χ1) is 11.5. The normalized spacial score (nSPS) is 13.2. The van der Waals surface area contributed by atoms with E-state index >= 15 is 0 Å². The maximum Gasteiger partial charge on any atom is 0.114 e. The van der Waals surface area contributed by atoms with Crippen molar-refractivity contribution in [3.8, 4) is 6.07 Å². The van der Waals surface area contributed by atoms with Gasteiger partial charge in [-0.1, -0.05) is 30.3 Å². The number of rotatable bonds is 7. The van der Waals surface area contributed by atoms with Crippen molar-refractivity contribution in [3.05, 3.63) is 58.8 Å². The average molecular weight is 361 g/mol. The van der Waals surface area contributed by atoms with Gasteiger partial charge in [-0.3, -0.25) is 4.21 Å². The lowest BCUT2D eigenvalue weighted by atomic mass is 10.1. The van der Waals surface area contributed by atoms with Gasteiger partial charge >= 0.3 is 0 Å². The molecule has 0 saturated heterocycles. The molecular formula is C18H20N2O2S2. The standard InChI is InChI=1S/C18H20N2O2S2/c1-13-8-14(2)20-18(17(13)9-19)23-10-16(21)12-24(22)11-15-6-4-3-5-7-15/h3-8,16,21H,10-12H2,1-2H3. The first-order valence-corrected chi connectivity index (χ1v) is 10.0. The Hall–Kier alpha value is -1.68. The Morgan fingerprint density at radius 1 is 1.33 bits per heavy atom. The van der Waals surface area contributed by atoms with Gasteiger partial charge in [0.25, 0.3) is 0 Å².